The van der Waals surface area contributed by atoms with Gasteiger partial charge in [0, 0.05) is 18.3 Å². The summed E-state index contributed by atoms with van der Waals surface area (Å²) in [5, 5.41) is 7.17. The van der Waals surface area contributed by atoms with Gasteiger partial charge in [-0.3, -0.25) is 0 Å². The van der Waals surface area contributed by atoms with Gasteiger partial charge < -0.3 is 10.6 Å². The minimum atomic E-state index is 0.796. The maximum absolute atomic E-state index is 3.69. The van der Waals surface area contributed by atoms with Crippen LogP contribution in [0.15, 0.2) is 18.2 Å². The predicted octanol–water partition coefficient (Wildman–Crippen LogP) is 3.12. The largest absolute Gasteiger partial charge is 0.385 e. The van der Waals surface area contributed by atoms with E-state index in [1.165, 1.54) is 61.8 Å². The van der Waals surface area contributed by atoms with E-state index in [1.807, 2.05) is 0 Å². The summed E-state index contributed by atoms with van der Waals surface area (Å²) in [5.74, 6) is 0. The van der Waals surface area contributed by atoms with Crippen LogP contribution in [0.4, 0.5) is 5.69 Å². The predicted molar refractivity (Wildman–Crippen MR) is 77.2 cm³/mol. The summed E-state index contributed by atoms with van der Waals surface area (Å²) >= 11 is 0. The van der Waals surface area contributed by atoms with Crippen LogP contribution in [0.2, 0.25) is 0 Å². The highest BCUT2D eigenvalue weighted by Crippen LogP contribution is 2.23. The summed E-state index contributed by atoms with van der Waals surface area (Å²) in [4.78, 5) is 0. The number of hydrogen-bond donors (Lipinski definition) is 2. The zero-order valence-corrected chi connectivity index (χ0v) is 11.2. The molecule has 1 aromatic rings. The average molecular weight is 244 g/mol. The molecule has 1 saturated carbocycles. The van der Waals surface area contributed by atoms with E-state index in [-0.39, 0.29) is 0 Å². The lowest BCUT2D eigenvalue weighted by Gasteiger charge is -2.19. The molecule has 0 saturated heterocycles. The molecule has 1 heterocycles. The zero-order valence-electron chi connectivity index (χ0n) is 11.2. The summed E-state index contributed by atoms with van der Waals surface area (Å²) in [6.45, 7) is 2.27. The highest BCUT2D eigenvalue weighted by Gasteiger charge is 2.13. The number of aryl methyl sites for hydroxylation is 1. The minimum absolute atomic E-state index is 0.796. The Hall–Kier alpha value is -1.02. The molecule has 3 rings (SSSR count). The quantitative estimate of drug-likeness (QED) is 0.850. The molecular formula is C16H24N2. The normalized spacial score (nSPS) is 19.6. The van der Waals surface area contributed by atoms with E-state index in [9.17, 15) is 0 Å². The Kier molecular flexibility index (Phi) is 3.84. The van der Waals surface area contributed by atoms with Crippen molar-refractivity contribution in [1.29, 1.82) is 0 Å². The number of hydrogen-bond acceptors (Lipinski definition) is 2. The monoisotopic (exact) mass is 244 g/mol. The number of fused-ring (bicyclic) bond motifs is 1. The first kappa shape index (κ1) is 12.0. The van der Waals surface area contributed by atoms with Crippen molar-refractivity contribution in [2.75, 3.05) is 18.4 Å². The topological polar surface area (TPSA) is 24.1 Å². The van der Waals surface area contributed by atoms with E-state index in [2.05, 4.69) is 28.8 Å². The van der Waals surface area contributed by atoms with Crippen molar-refractivity contribution in [3.05, 3.63) is 29.3 Å². The second-order valence-corrected chi connectivity index (χ2v) is 5.71. The molecular weight excluding hydrogens is 220 g/mol. The molecule has 0 bridgehead atoms. The molecule has 2 aliphatic rings. The van der Waals surface area contributed by atoms with Gasteiger partial charge in [-0.05, 0) is 55.8 Å². The Labute approximate surface area is 110 Å². The highest BCUT2D eigenvalue weighted by molar-refractivity contribution is 5.54. The van der Waals surface area contributed by atoms with E-state index >= 15 is 0 Å². The van der Waals surface area contributed by atoms with Crippen LogP contribution in [0.5, 0.6) is 0 Å². The second kappa shape index (κ2) is 5.75. The number of rotatable bonds is 4. The van der Waals surface area contributed by atoms with Crippen molar-refractivity contribution in [3.63, 3.8) is 0 Å². The molecule has 0 atom stereocenters. The van der Waals surface area contributed by atoms with Crippen LogP contribution < -0.4 is 10.6 Å². The van der Waals surface area contributed by atoms with Crippen molar-refractivity contribution < 1.29 is 0 Å². The maximum atomic E-state index is 3.69. The molecule has 1 aromatic carbocycles. The Morgan fingerprint density at radius 2 is 2.06 bits per heavy atom. The standard InChI is InChI=1S/C16H24N2/c1-2-6-15(5-1)17-11-9-13-7-8-16-14(12-13)4-3-10-18-16/h7-8,12,15,17-18H,1-6,9-11H2. The van der Waals surface area contributed by atoms with Gasteiger partial charge in [0.25, 0.3) is 0 Å². The zero-order chi connectivity index (χ0) is 12.2. The number of benzene rings is 1. The second-order valence-electron chi connectivity index (χ2n) is 5.71. The molecule has 0 radical (unpaired) electrons. The number of anilines is 1. The molecule has 1 aliphatic heterocycles. The van der Waals surface area contributed by atoms with Crippen LogP contribution in [0, 0.1) is 0 Å². The molecule has 2 nitrogen and oxygen atoms in total. The summed E-state index contributed by atoms with van der Waals surface area (Å²) in [6.07, 6.45) is 9.29. The third-order valence-electron chi connectivity index (χ3n) is 4.31. The van der Waals surface area contributed by atoms with E-state index < -0.39 is 0 Å². The average Bonchev–Trinajstić information content (AvgIpc) is 2.92. The van der Waals surface area contributed by atoms with Crippen molar-refractivity contribution >= 4 is 5.69 Å². The lowest BCUT2D eigenvalue weighted by molar-refractivity contribution is 0.527. The van der Waals surface area contributed by atoms with E-state index in [0.29, 0.717) is 0 Å². The van der Waals surface area contributed by atoms with Crippen LogP contribution in [0.3, 0.4) is 0 Å². The van der Waals surface area contributed by atoms with Crippen molar-refractivity contribution in [2.45, 2.75) is 51.0 Å². The minimum Gasteiger partial charge on any atom is -0.385 e. The van der Waals surface area contributed by atoms with Gasteiger partial charge in [-0.25, -0.2) is 0 Å². The van der Waals surface area contributed by atoms with E-state index in [0.717, 1.165) is 19.1 Å². The van der Waals surface area contributed by atoms with Gasteiger partial charge in [-0.1, -0.05) is 25.0 Å². The van der Waals surface area contributed by atoms with Crippen LogP contribution in [0.25, 0.3) is 0 Å². The van der Waals surface area contributed by atoms with Crippen LogP contribution >= 0.6 is 0 Å². The summed E-state index contributed by atoms with van der Waals surface area (Å²) in [5.41, 5.74) is 4.36. The Balaban J connectivity index is 1.52. The summed E-state index contributed by atoms with van der Waals surface area (Å²) < 4.78 is 0. The molecule has 2 heteroatoms. The first-order valence-corrected chi connectivity index (χ1v) is 7.51. The number of nitrogens with one attached hydrogen (secondary N) is 2. The molecule has 0 aromatic heterocycles. The third-order valence-corrected chi connectivity index (χ3v) is 4.31. The first-order chi connectivity index (χ1) is 8.92. The van der Waals surface area contributed by atoms with Gasteiger partial charge in [0.2, 0.25) is 0 Å². The van der Waals surface area contributed by atoms with E-state index in [4.69, 9.17) is 0 Å². The highest BCUT2D eigenvalue weighted by atomic mass is 14.9. The molecule has 2 N–H and O–H groups in total. The summed E-state index contributed by atoms with van der Waals surface area (Å²) in [7, 11) is 0. The van der Waals surface area contributed by atoms with Gasteiger partial charge >= 0.3 is 0 Å². The lowest BCUT2D eigenvalue weighted by atomic mass is 9.99. The Morgan fingerprint density at radius 1 is 1.17 bits per heavy atom. The van der Waals surface area contributed by atoms with Gasteiger partial charge in [-0.2, -0.15) is 0 Å². The lowest BCUT2D eigenvalue weighted by Crippen LogP contribution is -2.28. The fourth-order valence-electron chi connectivity index (χ4n) is 3.23. The Morgan fingerprint density at radius 3 is 2.94 bits per heavy atom. The molecule has 0 amide bonds. The summed E-state index contributed by atoms with van der Waals surface area (Å²) in [6, 6.07) is 7.74. The van der Waals surface area contributed by atoms with Crippen molar-refractivity contribution in [3.8, 4) is 0 Å². The smallest absolute Gasteiger partial charge is 0.0372 e. The van der Waals surface area contributed by atoms with Gasteiger partial charge in [0.1, 0.15) is 0 Å². The van der Waals surface area contributed by atoms with Gasteiger partial charge in [0.05, 0.1) is 0 Å². The molecule has 18 heavy (non-hydrogen) atoms. The van der Waals surface area contributed by atoms with Gasteiger partial charge in [-0.15, -0.1) is 0 Å². The van der Waals surface area contributed by atoms with Crippen LogP contribution in [-0.4, -0.2) is 19.1 Å². The molecule has 0 unspecified atom stereocenters. The van der Waals surface area contributed by atoms with Crippen LogP contribution in [0.1, 0.15) is 43.2 Å². The SMILES string of the molecule is c1cc2c(cc1CCNC1CCCC1)CCCN2. The first-order valence-electron chi connectivity index (χ1n) is 7.51. The van der Waals surface area contributed by atoms with E-state index in [1.54, 1.807) is 0 Å². The molecule has 98 valence electrons. The third kappa shape index (κ3) is 2.86. The molecule has 1 aliphatic carbocycles. The molecule has 0 spiro atoms. The molecule has 1 fully saturated rings. The fourth-order valence-corrected chi connectivity index (χ4v) is 3.23. The Bertz CT molecular complexity index is 394. The maximum Gasteiger partial charge on any atom is 0.0372 e. The van der Waals surface area contributed by atoms with Gasteiger partial charge in [0.15, 0.2) is 0 Å². The van der Waals surface area contributed by atoms with Crippen molar-refractivity contribution in [1.82, 2.24) is 5.32 Å². The van der Waals surface area contributed by atoms with Crippen LogP contribution in [-0.2, 0) is 12.8 Å². The van der Waals surface area contributed by atoms with Crippen molar-refractivity contribution in [2.24, 2.45) is 0 Å². The fraction of sp³-hybridized carbons (Fsp3) is 0.625.